The van der Waals surface area contributed by atoms with Crippen molar-refractivity contribution < 1.29 is 9.26 Å². The molecule has 17 heavy (non-hydrogen) atoms. The van der Waals surface area contributed by atoms with Crippen LogP contribution in [0.4, 0.5) is 0 Å². The van der Waals surface area contributed by atoms with Gasteiger partial charge in [0.2, 0.25) is 11.7 Å². The molecule has 0 aliphatic carbocycles. The minimum Gasteiger partial charge on any atom is -0.495 e. The van der Waals surface area contributed by atoms with E-state index in [1.54, 1.807) is 19.2 Å². The second-order valence-corrected chi connectivity index (χ2v) is 4.41. The Kier molecular flexibility index (Phi) is 3.66. The lowest BCUT2D eigenvalue weighted by Crippen LogP contribution is -1.96. The van der Waals surface area contributed by atoms with E-state index in [4.69, 9.17) is 26.6 Å². The Hall–Kier alpha value is -1.11. The Morgan fingerprint density at radius 1 is 1.53 bits per heavy atom. The summed E-state index contributed by atoms with van der Waals surface area (Å²) in [6.07, 6.45) is 0. The van der Waals surface area contributed by atoms with Gasteiger partial charge in [0, 0.05) is 10.6 Å². The number of nitrogens with two attached hydrogens (primary N) is 1. The molecule has 0 saturated heterocycles. The molecule has 0 bridgehead atoms. The van der Waals surface area contributed by atoms with Crippen LogP contribution in [0, 0.1) is 0 Å². The molecular formula is C10H9BrClN3O2. The van der Waals surface area contributed by atoms with Crippen molar-refractivity contribution in [3.05, 3.63) is 27.5 Å². The fourth-order valence-corrected chi connectivity index (χ4v) is 2.10. The van der Waals surface area contributed by atoms with Crippen LogP contribution >= 0.6 is 27.5 Å². The van der Waals surface area contributed by atoms with Crippen LogP contribution in [0.15, 0.2) is 21.1 Å². The predicted octanol–water partition coefficient (Wildman–Crippen LogP) is 2.62. The quantitative estimate of drug-likeness (QED) is 0.941. The van der Waals surface area contributed by atoms with E-state index in [0.29, 0.717) is 32.5 Å². The number of hydrogen-bond donors (Lipinski definition) is 1. The van der Waals surface area contributed by atoms with Crippen LogP contribution in [0.1, 0.15) is 5.89 Å². The number of aromatic nitrogens is 2. The maximum absolute atomic E-state index is 5.98. The lowest BCUT2D eigenvalue weighted by Gasteiger charge is -2.06. The largest absolute Gasteiger partial charge is 0.495 e. The van der Waals surface area contributed by atoms with E-state index in [-0.39, 0.29) is 6.54 Å². The van der Waals surface area contributed by atoms with Crippen LogP contribution in [0.5, 0.6) is 5.75 Å². The summed E-state index contributed by atoms with van der Waals surface area (Å²) in [6, 6.07) is 3.42. The fraction of sp³-hybridized carbons (Fsp3) is 0.200. The third-order valence-corrected chi connectivity index (χ3v) is 3.14. The molecule has 1 heterocycles. The Morgan fingerprint density at radius 3 is 2.88 bits per heavy atom. The zero-order valence-corrected chi connectivity index (χ0v) is 11.2. The smallest absolute Gasteiger partial charge is 0.240 e. The summed E-state index contributed by atoms with van der Waals surface area (Å²) in [7, 11) is 1.56. The summed E-state index contributed by atoms with van der Waals surface area (Å²) in [6.45, 7) is 0.197. The van der Waals surface area contributed by atoms with Gasteiger partial charge in [-0.1, -0.05) is 16.8 Å². The van der Waals surface area contributed by atoms with Crippen LogP contribution in [0.3, 0.4) is 0 Å². The third kappa shape index (κ3) is 2.43. The van der Waals surface area contributed by atoms with Gasteiger partial charge in [0.1, 0.15) is 5.75 Å². The van der Waals surface area contributed by atoms with Crippen molar-refractivity contribution in [3.8, 4) is 17.1 Å². The lowest BCUT2D eigenvalue weighted by atomic mass is 10.2. The summed E-state index contributed by atoms with van der Waals surface area (Å²) >= 11 is 9.39. The Balaban J connectivity index is 2.54. The number of benzene rings is 1. The first kappa shape index (κ1) is 12.3. The van der Waals surface area contributed by atoms with Crippen LogP contribution < -0.4 is 10.5 Å². The third-order valence-electron chi connectivity index (χ3n) is 2.11. The summed E-state index contributed by atoms with van der Waals surface area (Å²) in [5.41, 5.74) is 6.10. The highest BCUT2D eigenvalue weighted by Crippen LogP contribution is 2.37. The molecular weight excluding hydrogens is 309 g/mol. The number of rotatable bonds is 3. The molecule has 0 spiro atoms. The zero-order chi connectivity index (χ0) is 12.4. The Morgan fingerprint density at radius 2 is 2.29 bits per heavy atom. The molecule has 0 saturated carbocycles. The van der Waals surface area contributed by atoms with E-state index in [2.05, 4.69) is 26.1 Å². The van der Waals surface area contributed by atoms with Crippen LogP contribution in [-0.4, -0.2) is 17.3 Å². The summed E-state index contributed by atoms with van der Waals surface area (Å²) < 4.78 is 10.8. The first-order valence-corrected chi connectivity index (χ1v) is 5.89. The number of halogens is 2. The van der Waals surface area contributed by atoms with Gasteiger partial charge in [-0.05, 0) is 28.1 Å². The molecule has 0 aliphatic heterocycles. The molecule has 0 unspecified atom stereocenters. The minimum atomic E-state index is 0.197. The van der Waals surface area contributed by atoms with Crippen molar-refractivity contribution in [1.29, 1.82) is 0 Å². The van der Waals surface area contributed by atoms with Crippen molar-refractivity contribution in [2.45, 2.75) is 6.54 Å². The molecule has 2 rings (SSSR count). The molecule has 2 aromatic rings. The van der Waals surface area contributed by atoms with Gasteiger partial charge in [-0.15, -0.1) is 0 Å². The van der Waals surface area contributed by atoms with Gasteiger partial charge in [-0.2, -0.15) is 4.98 Å². The van der Waals surface area contributed by atoms with Gasteiger partial charge in [-0.3, -0.25) is 0 Å². The van der Waals surface area contributed by atoms with Gasteiger partial charge < -0.3 is 15.0 Å². The average Bonchev–Trinajstić information content (AvgIpc) is 2.80. The molecule has 0 atom stereocenters. The van der Waals surface area contributed by atoms with Gasteiger partial charge in [-0.25, -0.2) is 0 Å². The average molecular weight is 319 g/mol. The molecule has 7 heteroatoms. The summed E-state index contributed by atoms with van der Waals surface area (Å²) in [5.74, 6) is 1.38. The molecule has 0 aliphatic rings. The highest BCUT2D eigenvalue weighted by atomic mass is 79.9. The number of ether oxygens (including phenoxy) is 1. The molecule has 5 nitrogen and oxygen atoms in total. The molecule has 1 aromatic heterocycles. The first-order chi connectivity index (χ1) is 8.15. The zero-order valence-electron chi connectivity index (χ0n) is 8.91. The van der Waals surface area contributed by atoms with E-state index < -0.39 is 0 Å². The monoisotopic (exact) mass is 317 g/mol. The maximum atomic E-state index is 5.98. The van der Waals surface area contributed by atoms with Gasteiger partial charge in [0.25, 0.3) is 0 Å². The van der Waals surface area contributed by atoms with Crippen LogP contribution in [0.2, 0.25) is 5.02 Å². The van der Waals surface area contributed by atoms with Crippen molar-refractivity contribution in [2.75, 3.05) is 7.11 Å². The first-order valence-electron chi connectivity index (χ1n) is 4.71. The van der Waals surface area contributed by atoms with Gasteiger partial charge in [0.05, 0.1) is 18.1 Å². The molecule has 0 radical (unpaired) electrons. The Labute approximate surface area is 111 Å². The Bertz CT molecular complexity index is 544. The van der Waals surface area contributed by atoms with Crippen molar-refractivity contribution in [3.63, 3.8) is 0 Å². The molecule has 0 amide bonds. The normalized spacial score (nSPS) is 10.6. The topological polar surface area (TPSA) is 74.2 Å². The van der Waals surface area contributed by atoms with Crippen LogP contribution in [-0.2, 0) is 6.54 Å². The predicted molar refractivity (Wildman–Crippen MR) is 66.9 cm³/mol. The SMILES string of the molecule is COc1cc(Cl)cc(-c2noc(CN)n2)c1Br. The van der Waals surface area contributed by atoms with E-state index >= 15 is 0 Å². The highest BCUT2D eigenvalue weighted by molar-refractivity contribution is 9.10. The van der Waals surface area contributed by atoms with E-state index in [1.165, 1.54) is 0 Å². The van der Waals surface area contributed by atoms with E-state index in [0.717, 1.165) is 0 Å². The van der Waals surface area contributed by atoms with Gasteiger partial charge in [0.15, 0.2) is 0 Å². The van der Waals surface area contributed by atoms with E-state index in [1.807, 2.05) is 0 Å². The molecule has 1 aromatic carbocycles. The summed E-state index contributed by atoms with van der Waals surface area (Å²) in [4.78, 5) is 4.13. The number of hydrogen-bond acceptors (Lipinski definition) is 5. The maximum Gasteiger partial charge on any atom is 0.240 e. The second-order valence-electron chi connectivity index (χ2n) is 3.19. The van der Waals surface area contributed by atoms with Crippen molar-refractivity contribution >= 4 is 27.5 Å². The molecule has 90 valence electrons. The number of methoxy groups -OCH3 is 1. The number of nitrogens with zero attached hydrogens (tertiary/aromatic N) is 2. The molecule has 0 fully saturated rings. The second kappa shape index (κ2) is 5.03. The molecule has 2 N–H and O–H groups in total. The van der Waals surface area contributed by atoms with Crippen molar-refractivity contribution in [1.82, 2.24) is 10.1 Å². The minimum absolute atomic E-state index is 0.197. The van der Waals surface area contributed by atoms with E-state index in [9.17, 15) is 0 Å². The van der Waals surface area contributed by atoms with Crippen LogP contribution in [0.25, 0.3) is 11.4 Å². The standard InChI is InChI=1S/C10H9BrClN3O2/c1-16-7-3-5(12)2-6(9(7)11)10-14-8(4-13)17-15-10/h2-3H,4,13H2,1H3. The van der Waals surface area contributed by atoms with Gasteiger partial charge >= 0.3 is 0 Å². The highest BCUT2D eigenvalue weighted by Gasteiger charge is 2.15. The lowest BCUT2D eigenvalue weighted by molar-refractivity contribution is 0.380. The fourth-order valence-electron chi connectivity index (χ4n) is 1.32. The summed E-state index contributed by atoms with van der Waals surface area (Å²) in [5, 5.41) is 4.35. The van der Waals surface area contributed by atoms with Crippen molar-refractivity contribution in [2.24, 2.45) is 5.73 Å².